The van der Waals surface area contributed by atoms with Gasteiger partial charge in [0.1, 0.15) is 0 Å². The van der Waals surface area contributed by atoms with E-state index >= 15 is 0 Å². The Labute approximate surface area is 92.8 Å². The third kappa shape index (κ3) is 5.17. The van der Waals surface area contributed by atoms with Crippen molar-refractivity contribution in [3.8, 4) is 0 Å². The van der Waals surface area contributed by atoms with E-state index in [9.17, 15) is 4.79 Å². The van der Waals surface area contributed by atoms with E-state index in [0.29, 0.717) is 6.61 Å². The molecule has 0 aliphatic carbocycles. The maximum absolute atomic E-state index is 11.5. The fraction of sp³-hybridized carbons (Fsp3) is 0.917. The Morgan fingerprint density at radius 3 is 2.47 bits per heavy atom. The van der Waals surface area contributed by atoms with Crippen molar-refractivity contribution < 1.29 is 9.53 Å². The van der Waals surface area contributed by atoms with Crippen LogP contribution in [0.3, 0.4) is 0 Å². The van der Waals surface area contributed by atoms with Gasteiger partial charge < -0.3 is 9.64 Å². The molecule has 1 aliphatic rings. The summed E-state index contributed by atoms with van der Waals surface area (Å²) in [6, 6.07) is 0. The second-order valence-electron chi connectivity index (χ2n) is 4.35. The van der Waals surface area contributed by atoms with E-state index in [2.05, 4.69) is 6.92 Å². The van der Waals surface area contributed by atoms with Gasteiger partial charge in [-0.2, -0.15) is 0 Å². The number of hydrogen-bond acceptors (Lipinski definition) is 2. The number of carbonyl (C=O) groups excluding carboxylic acids is 1. The molecule has 0 radical (unpaired) electrons. The van der Waals surface area contributed by atoms with Crippen LogP contribution in [-0.4, -0.2) is 37.1 Å². The van der Waals surface area contributed by atoms with Gasteiger partial charge in [0.2, 0.25) is 0 Å². The summed E-state index contributed by atoms with van der Waals surface area (Å²) >= 11 is 0. The van der Waals surface area contributed by atoms with Gasteiger partial charge in [-0.15, -0.1) is 0 Å². The second-order valence-corrected chi connectivity index (χ2v) is 4.35. The number of unbranched alkanes of at least 4 members (excludes halogenated alkanes) is 5. The fourth-order valence-electron chi connectivity index (χ4n) is 1.68. The van der Waals surface area contributed by atoms with Crippen LogP contribution in [0.4, 0.5) is 0 Å². The maximum atomic E-state index is 11.5. The minimum Gasteiger partial charge on any atom is -0.363 e. The molecular formula is C12H23NO2. The molecule has 0 saturated carbocycles. The van der Waals surface area contributed by atoms with Crippen molar-refractivity contribution in [2.45, 2.75) is 51.6 Å². The highest BCUT2D eigenvalue weighted by Gasteiger charge is 2.33. The topological polar surface area (TPSA) is 32.8 Å². The lowest BCUT2D eigenvalue weighted by Gasteiger charge is -2.15. The molecule has 0 spiro atoms. The first-order valence-corrected chi connectivity index (χ1v) is 6.12. The summed E-state index contributed by atoms with van der Waals surface area (Å²) in [5.74, 6) is 0.156. The van der Waals surface area contributed by atoms with Gasteiger partial charge in [0.15, 0.2) is 6.10 Å². The van der Waals surface area contributed by atoms with Crippen LogP contribution < -0.4 is 0 Å². The lowest BCUT2D eigenvalue weighted by molar-refractivity contribution is -0.131. The van der Waals surface area contributed by atoms with E-state index in [1.54, 1.807) is 4.90 Å². The Bertz CT molecular complexity index is 190. The molecule has 1 amide bonds. The summed E-state index contributed by atoms with van der Waals surface area (Å²) in [6.45, 7) is 3.73. The number of likely N-dealkylation sites (N-methyl/N-ethyl adjacent to an activating group) is 1. The molecule has 0 bridgehead atoms. The quantitative estimate of drug-likeness (QED) is 0.457. The maximum Gasteiger partial charge on any atom is 0.253 e. The van der Waals surface area contributed by atoms with Crippen LogP contribution in [0.25, 0.3) is 0 Å². The van der Waals surface area contributed by atoms with Crippen LogP contribution in [0.2, 0.25) is 0 Å². The largest absolute Gasteiger partial charge is 0.363 e. The molecule has 1 aliphatic heterocycles. The number of hydrogen-bond donors (Lipinski definition) is 0. The molecule has 0 aromatic carbocycles. The number of ether oxygens (including phenoxy) is 1. The average molecular weight is 213 g/mol. The number of epoxide rings is 1. The third-order valence-electron chi connectivity index (χ3n) is 2.83. The zero-order chi connectivity index (χ0) is 11.1. The van der Waals surface area contributed by atoms with Crippen LogP contribution in [-0.2, 0) is 9.53 Å². The first kappa shape index (κ1) is 12.5. The van der Waals surface area contributed by atoms with Crippen LogP contribution in [0.15, 0.2) is 0 Å². The van der Waals surface area contributed by atoms with Crippen molar-refractivity contribution in [3.05, 3.63) is 0 Å². The van der Waals surface area contributed by atoms with Crippen molar-refractivity contribution in [1.82, 2.24) is 4.90 Å². The lowest BCUT2D eigenvalue weighted by atomic mass is 10.1. The normalized spacial score (nSPS) is 18.9. The molecule has 1 atom stereocenters. The van der Waals surface area contributed by atoms with Gasteiger partial charge in [-0.3, -0.25) is 4.79 Å². The molecule has 0 aromatic rings. The van der Waals surface area contributed by atoms with Crippen LogP contribution in [0, 0.1) is 0 Å². The van der Waals surface area contributed by atoms with Gasteiger partial charge in [-0.05, 0) is 6.42 Å². The Hall–Kier alpha value is -0.570. The van der Waals surface area contributed by atoms with Crippen molar-refractivity contribution in [3.63, 3.8) is 0 Å². The summed E-state index contributed by atoms with van der Waals surface area (Å²) in [4.78, 5) is 13.3. The standard InChI is InChI=1S/C12H23NO2/c1-3-4-5-6-7-8-9-13(2)12(14)11-10-15-11/h11H,3-10H2,1-2H3. The number of amides is 1. The summed E-state index contributed by atoms with van der Waals surface area (Å²) in [5.41, 5.74) is 0. The van der Waals surface area contributed by atoms with E-state index in [-0.39, 0.29) is 12.0 Å². The number of carbonyl (C=O) groups is 1. The van der Waals surface area contributed by atoms with Gasteiger partial charge in [-0.1, -0.05) is 39.0 Å². The highest BCUT2D eigenvalue weighted by atomic mass is 16.6. The monoisotopic (exact) mass is 213 g/mol. The molecule has 0 N–H and O–H groups in total. The smallest absolute Gasteiger partial charge is 0.253 e. The summed E-state index contributed by atoms with van der Waals surface area (Å²) in [5, 5.41) is 0. The molecule has 1 heterocycles. The molecular weight excluding hydrogens is 190 g/mol. The van der Waals surface area contributed by atoms with Gasteiger partial charge in [-0.25, -0.2) is 0 Å². The minimum absolute atomic E-state index is 0.116. The average Bonchev–Trinajstić information content (AvgIpc) is 3.05. The zero-order valence-corrected chi connectivity index (χ0v) is 10.00. The summed E-state index contributed by atoms with van der Waals surface area (Å²) in [7, 11) is 1.87. The SMILES string of the molecule is CCCCCCCCN(C)C(=O)C1CO1. The molecule has 3 nitrogen and oxygen atoms in total. The molecule has 1 saturated heterocycles. The lowest BCUT2D eigenvalue weighted by Crippen LogP contribution is -2.31. The molecule has 1 rings (SSSR count). The molecule has 15 heavy (non-hydrogen) atoms. The van der Waals surface area contributed by atoms with Crippen LogP contribution in [0.5, 0.6) is 0 Å². The summed E-state index contributed by atoms with van der Waals surface area (Å²) in [6.07, 6.45) is 7.51. The van der Waals surface area contributed by atoms with Crippen molar-refractivity contribution in [2.75, 3.05) is 20.2 Å². The van der Waals surface area contributed by atoms with E-state index in [0.717, 1.165) is 13.0 Å². The molecule has 1 unspecified atom stereocenters. The fourth-order valence-corrected chi connectivity index (χ4v) is 1.68. The van der Waals surface area contributed by atoms with Gasteiger partial charge in [0, 0.05) is 13.6 Å². The van der Waals surface area contributed by atoms with Gasteiger partial charge >= 0.3 is 0 Å². The van der Waals surface area contributed by atoms with Gasteiger partial charge in [0.05, 0.1) is 6.61 Å². The Morgan fingerprint density at radius 2 is 1.87 bits per heavy atom. The minimum atomic E-state index is -0.116. The van der Waals surface area contributed by atoms with E-state index < -0.39 is 0 Å². The second kappa shape index (κ2) is 6.83. The first-order valence-electron chi connectivity index (χ1n) is 6.12. The highest BCUT2D eigenvalue weighted by Crippen LogP contribution is 2.12. The predicted molar refractivity (Wildman–Crippen MR) is 60.8 cm³/mol. The van der Waals surface area contributed by atoms with Crippen molar-refractivity contribution in [1.29, 1.82) is 0 Å². The Balaban J connectivity index is 1.92. The van der Waals surface area contributed by atoms with E-state index in [1.807, 2.05) is 7.05 Å². The Morgan fingerprint density at radius 1 is 1.27 bits per heavy atom. The number of nitrogens with zero attached hydrogens (tertiary/aromatic N) is 1. The van der Waals surface area contributed by atoms with Crippen LogP contribution >= 0.6 is 0 Å². The number of rotatable bonds is 8. The third-order valence-corrected chi connectivity index (χ3v) is 2.83. The zero-order valence-electron chi connectivity index (χ0n) is 10.00. The van der Waals surface area contributed by atoms with Crippen LogP contribution in [0.1, 0.15) is 45.4 Å². The van der Waals surface area contributed by atoms with E-state index in [4.69, 9.17) is 4.74 Å². The molecule has 0 aromatic heterocycles. The van der Waals surface area contributed by atoms with Gasteiger partial charge in [0.25, 0.3) is 5.91 Å². The van der Waals surface area contributed by atoms with Crippen molar-refractivity contribution in [2.24, 2.45) is 0 Å². The van der Waals surface area contributed by atoms with Crippen molar-refractivity contribution >= 4 is 5.91 Å². The first-order chi connectivity index (χ1) is 7.25. The molecule has 1 fully saturated rings. The molecule has 88 valence electrons. The molecule has 3 heteroatoms. The van der Waals surface area contributed by atoms with E-state index in [1.165, 1.54) is 32.1 Å². The Kier molecular flexibility index (Phi) is 5.69. The summed E-state index contributed by atoms with van der Waals surface area (Å²) < 4.78 is 4.96. The highest BCUT2D eigenvalue weighted by molar-refractivity contribution is 5.82. The predicted octanol–water partition coefficient (Wildman–Crippen LogP) is 2.20.